The molecule has 0 unspecified atom stereocenters. The number of para-hydroxylation sites is 1. The molecule has 2 aromatic rings. The van der Waals surface area contributed by atoms with Crippen molar-refractivity contribution in [2.24, 2.45) is 0 Å². The summed E-state index contributed by atoms with van der Waals surface area (Å²) in [4.78, 5) is 4.03. The number of sulfone groups is 1. The molecule has 0 aliphatic carbocycles. The molecular formula is C17H21FN4O2S. The van der Waals surface area contributed by atoms with Crippen LogP contribution in [0.3, 0.4) is 0 Å². The average Bonchev–Trinajstić information content (AvgIpc) is 2.62. The van der Waals surface area contributed by atoms with Crippen LogP contribution >= 0.6 is 0 Å². The van der Waals surface area contributed by atoms with Crippen molar-refractivity contribution in [2.75, 3.05) is 41.7 Å². The van der Waals surface area contributed by atoms with Crippen molar-refractivity contribution in [3.05, 3.63) is 42.2 Å². The van der Waals surface area contributed by atoms with E-state index in [0.717, 1.165) is 0 Å². The molecule has 0 spiro atoms. The molecule has 1 saturated heterocycles. The minimum Gasteiger partial charge on any atom is -0.366 e. The summed E-state index contributed by atoms with van der Waals surface area (Å²) in [5.41, 5.74) is 0.606. The van der Waals surface area contributed by atoms with E-state index < -0.39 is 9.84 Å². The van der Waals surface area contributed by atoms with E-state index in [9.17, 15) is 12.8 Å². The predicted octanol–water partition coefficient (Wildman–Crippen LogP) is 2.13. The van der Waals surface area contributed by atoms with Gasteiger partial charge in [-0.15, -0.1) is 10.2 Å². The minimum absolute atomic E-state index is 0.0168. The molecule has 8 heteroatoms. The highest BCUT2D eigenvalue weighted by atomic mass is 32.2. The van der Waals surface area contributed by atoms with Gasteiger partial charge in [0.15, 0.2) is 20.7 Å². The zero-order chi connectivity index (χ0) is 17.9. The molecule has 0 radical (unpaired) electrons. The maximum atomic E-state index is 13.9. The number of hydrogen-bond donors (Lipinski definition) is 0. The fourth-order valence-electron chi connectivity index (χ4n) is 2.91. The number of aromatic nitrogens is 2. The number of halogens is 1. The first kappa shape index (κ1) is 17.6. The van der Waals surface area contributed by atoms with E-state index in [2.05, 4.69) is 10.2 Å². The molecule has 6 nitrogen and oxygen atoms in total. The van der Waals surface area contributed by atoms with Crippen molar-refractivity contribution in [1.29, 1.82) is 0 Å². The first-order chi connectivity index (χ1) is 12.0. The summed E-state index contributed by atoms with van der Waals surface area (Å²) in [6.45, 7) is 4.49. The highest BCUT2D eigenvalue weighted by molar-refractivity contribution is 7.91. The largest absolute Gasteiger partial charge is 0.366 e. The molecule has 25 heavy (non-hydrogen) atoms. The van der Waals surface area contributed by atoms with Crippen molar-refractivity contribution in [3.8, 4) is 0 Å². The van der Waals surface area contributed by atoms with Crippen molar-refractivity contribution in [1.82, 2.24) is 10.2 Å². The summed E-state index contributed by atoms with van der Waals surface area (Å²) in [7, 11) is -3.35. The van der Waals surface area contributed by atoms with Crippen LogP contribution in [0.15, 0.2) is 41.4 Å². The van der Waals surface area contributed by atoms with E-state index in [0.29, 0.717) is 44.1 Å². The van der Waals surface area contributed by atoms with E-state index in [1.54, 1.807) is 18.2 Å². The molecule has 0 N–H and O–H groups in total. The second-order valence-electron chi connectivity index (χ2n) is 5.97. The molecule has 1 fully saturated rings. The van der Waals surface area contributed by atoms with Crippen LogP contribution in [0.4, 0.5) is 15.9 Å². The number of rotatable bonds is 5. The van der Waals surface area contributed by atoms with Gasteiger partial charge >= 0.3 is 0 Å². The molecule has 0 amide bonds. The zero-order valence-electron chi connectivity index (χ0n) is 14.1. The highest BCUT2D eigenvalue weighted by Gasteiger charge is 2.21. The molecule has 2 heterocycles. The third kappa shape index (κ3) is 3.89. The van der Waals surface area contributed by atoms with Gasteiger partial charge in [-0.05, 0) is 30.7 Å². The van der Waals surface area contributed by atoms with Crippen LogP contribution in [0.2, 0.25) is 0 Å². The fraction of sp³-hybridized carbons (Fsp3) is 0.412. The van der Waals surface area contributed by atoms with Gasteiger partial charge in [0.25, 0.3) is 0 Å². The molecule has 1 aliphatic rings. The Labute approximate surface area is 147 Å². The van der Waals surface area contributed by atoms with Gasteiger partial charge in [0, 0.05) is 26.2 Å². The van der Waals surface area contributed by atoms with Gasteiger partial charge < -0.3 is 9.80 Å². The fourth-order valence-corrected chi connectivity index (χ4v) is 4.09. The summed E-state index contributed by atoms with van der Waals surface area (Å²) in [6, 6.07) is 9.94. The van der Waals surface area contributed by atoms with Crippen LogP contribution in [0.25, 0.3) is 0 Å². The third-order valence-electron chi connectivity index (χ3n) is 4.21. The van der Waals surface area contributed by atoms with Gasteiger partial charge in [-0.1, -0.05) is 19.1 Å². The summed E-state index contributed by atoms with van der Waals surface area (Å²) in [6.07, 6.45) is 0.545. The highest BCUT2D eigenvalue weighted by Crippen LogP contribution is 2.22. The Morgan fingerprint density at radius 1 is 1.00 bits per heavy atom. The minimum atomic E-state index is -3.35. The van der Waals surface area contributed by atoms with Crippen molar-refractivity contribution < 1.29 is 12.8 Å². The Morgan fingerprint density at radius 2 is 1.68 bits per heavy atom. The van der Waals surface area contributed by atoms with Crippen LogP contribution < -0.4 is 9.80 Å². The number of benzene rings is 1. The van der Waals surface area contributed by atoms with Crippen LogP contribution in [0, 0.1) is 5.82 Å². The first-order valence-corrected chi connectivity index (χ1v) is 9.97. The monoisotopic (exact) mass is 364 g/mol. The summed E-state index contributed by atoms with van der Waals surface area (Å²) >= 11 is 0. The maximum Gasteiger partial charge on any atom is 0.197 e. The van der Waals surface area contributed by atoms with E-state index in [-0.39, 0.29) is 16.6 Å². The smallest absolute Gasteiger partial charge is 0.197 e. The van der Waals surface area contributed by atoms with E-state index in [4.69, 9.17) is 0 Å². The van der Waals surface area contributed by atoms with Crippen LogP contribution in [0.5, 0.6) is 0 Å². The molecule has 0 saturated carbocycles. The number of nitrogens with zero attached hydrogens (tertiary/aromatic N) is 4. The Balaban J connectivity index is 1.66. The molecule has 134 valence electrons. The lowest BCUT2D eigenvalue weighted by Gasteiger charge is -2.36. The molecule has 0 bridgehead atoms. The normalized spacial score (nSPS) is 15.4. The Bertz CT molecular complexity index is 819. The lowest BCUT2D eigenvalue weighted by molar-refractivity contribution is 0.586. The maximum absolute atomic E-state index is 13.9. The molecular weight excluding hydrogens is 343 g/mol. The quantitative estimate of drug-likeness (QED) is 0.810. The lowest BCUT2D eigenvalue weighted by atomic mass is 10.2. The van der Waals surface area contributed by atoms with E-state index >= 15 is 0 Å². The molecule has 0 atom stereocenters. The van der Waals surface area contributed by atoms with Crippen LogP contribution in [0.1, 0.15) is 13.3 Å². The average molecular weight is 364 g/mol. The van der Waals surface area contributed by atoms with Gasteiger partial charge in [-0.3, -0.25) is 0 Å². The number of piperazine rings is 1. The zero-order valence-corrected chi connectivity index (χ0v) is 14.9. The predicted molar refractivity (Wildman–Crippen MR) is 95.2 cm³/mol. The van der Waals surface area contributed by atoms with Gasteiger partial charge in [0.2, 0.25) is 0 Å². The Kier molecular flexibility index (Phi) is 5.17. The molecule has 1 aromatic carbocycles. The third-order valence-corrected chi connectivity index (χ3v) is 6.02. The topological polar surface area (TPSA) is 66.4 Å². The van der Waals surface area contributed by atoms with Gasteiger partial charge in [-0.2, -0.15) is 0 Å². The molecule has 1 aromatic heterocycles. The Morgan fingerprint density at radius 3 is 2.28 bits per heavy atom. The SMILES string of the molecule is CCCS(=O)(=O)c1ccc(N2CCN(c3ccccc3F)CC2)nn1. The molecule has 1 aliphatic heterocycles. The van der Waals surface area contributed by atoms with Gasteiger partial charge in [-0.25, -0.2) is 12.8 Å². The summed E-state index contributed by atoms with van der Waals surface area (Å²) in [5.74, 6) is 0.493. The van der Waals surface area contributed by atoms with Gasteiger partial charge in [0.1, 0.15) is 5.82 Å². The summed E-state index contributed by atoms with van der Waals surface area (Å²) < 4.78 is 37.9. The van der Waals surface area contributed by atoms with Gasteiger partial charge in [0.05, 0.1) is 11.4 Å². The Hall–Kier alpha value is -2.22. The van der Waals surface area contributed by atoms with E-state index in [1.165, 1.54) is 12.1 Å². The standard InChI is InChI=1S/C17H21FN4O2S/c1-2-13-25(23,24)17-8-7-16(19-20-17)22-11-9-21(10-12-22)15-6-4-3-5-14(15)18/h3-8H,2,9-13H2,1H3. The van der Waals surface area contributed by atoms with E-state index in [1.807, 2.05) is 22.8 Å². The van der Waals surface area contributed by atoms with Crippen molar-refractivity contribution in [2.45, 2.75) is 18.4 Å². The number of anilines is 2. The van der Waals surface area contributed by atoms with Crippen molar-refractivity contribution in [3.63, 3.8) is 0 Å². The lowest BCUT2D eigenvalue weighted by Crippen LogP contribution is -2.47. The number of hydrogen-bond acceptors (Lipinski definition) is 6. The van der Waals surface area contributed by atoms with Crippen molar-refractivity contribution >= 4 is 21.3 Å². The second-order valence-corrected chi connectivity index (χ2v) is 8.03. The molecule has 3 rings (SSSR count). The summed E-state index contributed by atoms with van der Waals surface area (Å²) in [5, 5.41) is 7.97. The van der Waals surface area contributed by atoms with Crippen LogP contribution in [-0.4, -0.2) is 50.5 Å². The second kappa shape index (κ2) is 7.35. The first-order valence-electron chi connectivity index (χ1n) is 8.32. The van der Waals surface area contributed by atoms with Crippen LogP contribution in [-0.2, 0) is 9.84 Å².